The van der Waals surface area contributed by atoms with Crippen LogP contribution in [-0.2, 0) is 11.3 Å². The Morgan fingerprint density at radius 2 is 1.81 bits per heavy atom. The van der Waals surface area contributed by atoms with Gasteiger partial charge in [0.05, 0.1) is 0 Å². The molecule has 1 aromatic rings. The molecule has 6 nitrogen and oxygen atoms in total. The van der Waals surface area contributed by atoms with Crippen LogP contribution in [0.4, 0.5) is 4.39 Å². The van der Waals surface area contributed by atoms with Gasteiger partial charge in [-0.15, -0.1) is 24.0 Å². The largest absolute Gasteiger partial charge is 0.357 e. The van der Waals surface area contributed by atoms with Crippen LogP contribution in [0.25, 0.3) is 0 Å². The van der Waals surface area contributed by atoms with Crippen LogP contribution in [0.2, 0.25) is 0 Å². The predicted octanol–water partition coefficient (Wildman–Crippen LogP) is 2.35. The maximum atomic E-state index is 12.9. The second kappa shape index (κ2) is 12.9. The van der Waals surface area contributed by atoms with Gasteiger partial charge in [0, 0.05) is 31.7 Å². The number of benzene rings is 1. The van der Waals surface area contributed by atoms with Crippen LogP contribution in [0.3, 0.4) is 0 Å². The minimum Gasteiger partial charge on any atom is -0.357 e. The van der Waals surface area contributed by atoms with E-state index in [4.69, 9.17) is 0 Å². The molecule has 1 rings (SSSR count). The Labute approximate surface area is 179 Å². The van der Waals surface area contributed by atoms with Crippen LogP contribution in [0, 0.1) is 5.82 Å². The van der Waals surface area contributed by atoms with Crippen molar-refractivity contribution < 1.29 is 9.18 Å². The average molecular weight is 493 g/mol. The summed E-state index contributed by atoms with van der Waals surface area (Å²) in [6, 6.07) is 6.53. The summed E-state index contributed by atoms with van der Waals surface area (Å²) >= 11 is 0. The fourth-order valence-electron chi connectivity index (χ4n) is 2.30. The van der Waals surface area contributed by atoms with Crippen molar-refractivity contribution in [1.82, 2.24) is 20.9 Å². The fraction of sp³-hybridized carbons (Fsp3) is 0.579. The summed E-state index contributed by atoms with van der Waals surface area (Å²) in [4.78, 5) is 18.3. The Balaban J connectivity index is 0.00000676. The van der Waals surface area contributed by atoms with Crippen molar-refractivity contribution in [1.29, 1.82) is 0 Å². The lowest BCUT2D eigenvalue weighted by Crippen LogP contribution is -2.44. The fourth-order valence-corrected chi connectivity index (χ4v) is 2.30. The van der Waals surface area contributed by atoms with Crippen molar-refractivity contribution in [3.05, 3.63) is 35.6 Å². The Morgan fingerprint density at radius 1 is 1.19 bits per heavy atom. The molecular formula is C19H33FIN5O. The Kier molecular flexibility index (Phi) is 12.2. The molecule has 27 heavy (non-hydrogen) atoms. The third-order valence-electron chi connectivity index (χ3n) is 3.39. The lowest BCUT2D eigenvalue weighted by atomic mass is 10.1. The zero-order valence-corrected chi connectivity index (χ0v) is 19.3. The van der Waals surface area contributed by atoms with Gasteiger partial charge in [-0.25, -0.2) is 9.38 Å². The third kappa shape index (κ3) is 12.6. The SMILES string of the molecule is CCNC(=NCC(=O)NC(C)(C)C)NCCN(C)Cc1ccc(F)cc1.I. The first-order valence-corrected chi connectivity index (χ1v) is 8.96. The Hall–Kier alpha value is -1.42. The first kappa shape index (κ1) is 25.6. The monoisotopic (exact) mass is 493 g/mol. The van der Waals surface area contributed by atoms with Crippen molar-refractivity contribution in [2.75, 3.05) is 33.2 Å². The number of likely N-dealkylation sites (N-methyl/N-ethyl adjacent to an activating group) is 1. The van der Waals surface area contributed by atoms with E-state index in [0.29, 0.717) is 12.5 Å². The van der Waals surface area contributed by atoms with Crippen molar-refractivity contribution in [2.45, 2.75) is 39.8 Å². The molecule has 0 fully saturated rings. The van der Waals surface area contributed by atoms with Crippen LogP contribution in [0.1, 0.15) is 33.3 Å². The highest BCUT2D eigenvalue weighted by Gasteiger charge is 2.13. The molecule has 0 aromatic heterocycles. The number of hydrogen-bond acceptors (Lipinski definition) is 3. The molecule has 0 aliphatic rings. The van der Waals surface area contributed by atoms with Crippen molar-refractivity contribution >= 4 is 35.8 Å². The van der Waals surface area contributed by atoms with E-state index in [2.05, 4.69) is 25.8 Å². The van der Waals surface area contributed by atoms with Gasteiger partial charge in [0.25, 0.3) is 0 Å². The first-order chi connectivity index (χ1) is 12.2. The minimum atomic E-state index is -0.262. The molecule has 0 heterocycles. The van der Waals surface area contributed by atoms with E-state index in [1.807, 2.05) is 34.7 Å². The number of carbonyl (C=O) groups is 1. The topological polar surface area (TPSA) is 68.8 Å². The first-order valence-electron chi connectivity index (χ1n) is 8.96. The van der Waals surface area contributed by atoms with Gasteiger partial charge in [-0.1, -0.05) is 12.1 Å². The summed E-state index contributed by atoms with van der Waals surface area (Å²) in [6.07, 6.45) is 0. The van der Waals surface area contributed by atoms with Gasteiger partial charge in [-0.2, -0.15) is 0 Å². The van der Waals surface area contributed by atoms with Gasteiger partial charge in [-0.05, 0) is 52.4 Å². The number of amides is 1. The zero-order valence-electron chi connectivity index (χ0n) is 16.9. The van der Waals surface area contributed by atoms with Gasteiger partial charge >= 0.3 is 0 Å². The molecular weight excluding hydrogens is 460 g/mol. The number of carbonyl (C=O) groups excluding carboxylic acids is 1. The quantitative estimate of drug-likeness (QED) is 0.296. The lowest BCUT2D eigenvalue weighted by molar-refractivity contribution is -0.121. The zero-order chi connectivity index (χ0) is 19.6. The van der Waals surface area contributed by atoms with Crippen LogP contribution in [0.15, 0.2) is 29.3 Å². The number of nitrogens with one attached hydrogen (secondary N) is 3. The predicted molar refractivity (Wildman–Crippen MR) is 120 cm³/mol. The van der Waals surface area contributed by atoms with Crippen molar-refractivity contribution in [3.8, 4) is 0 Å². The lowest BCUT2D eigenvalue weighted by Gasteiger charge is -2.20. The Bertz CT molecular complexity index is 587. The van der Waals surface area contributed by atoms with E-state index in [9.17, 15) is 9.18 Å². The summed E-state index contributed by atoms with van der Waals surface area (Å²) < 4.78 is 12.9. The molecule has 154 valence electrons. The van der Waals surface area contributed by atoms with E-state index in [-0.39, 0.29) is 47.8 Å². The molecule has 0 radical (unpaired) electrons. The van der Waals surface area contributed by atoms with Crippen LogP contribution >= 0.6 is 24.0 Å². The summed E-state index contributed by atoms with van der Waals surface area (Å²) in [5.41, 5.74) is 0.801. The number of aliphatic imine (C=N–C) groups is 1. The van der Waals surface area contributed by atoms with Gasteiger partial charge < -0.3 is 20.9 Å². The van der Waals surface area contributed by atoms with Crippen LogP contribution in [-0.4, -0.2) is 55.5 Å². The molecule has 3 N–H and O–H groups in total. The summed E-state index contributed by atoms with van der Waals surface area (Å²) in [6.45, 7) is 10.8. The smallest absolute Gasteiger partial charge is 0.242 e. The molecule has 0 aliphatic carbocycles. The molecule has 0 saturated carbocycles. The molecule has 0 saturated heterocycles. The highest BCUT2D eigenvalue weighted by molar-refractivity contribution is 14.0. The van der Waals surface area contributed by atoms with E-state index in [0.717, 1.165) is 25.2 Å². The maximum absolute atomic E-state index is 12.9. The number of guanidine groups is 1. The molecule has 0 bridgehead atoms. The Morgan fingerprint density at radius 3 is 2.37 bits per heavy atom. The van der Waals surface area contributed by atoms with Crippen LogP contribution in [0.5, 0.6) is 0 Å². The van der Waals surface area contributed by atoms with Gasteiger partial charge in [0.15, 0.2) is 5.96 Å². The molecule has 0 unspecified atom stereocenters. The molecule has 1 aromatic carbocycles. The van der Waals surface area contributed by atoms with E-state index < -0.39 is 0 Å². The van der Waals surface area contributed by atoms with Crippen LogP contribution < -0.4 is 16.0 Å². The normalized spacial score (nSPS) is 11.7. The molecule has 0 aliphatic heterocycles. The number of nitrogens with zero attached hydrogens (tertiary/aromatic N) is 2. The molecule has 1 amide bonds. The summed E-state index contributed by atoms with van der Waals surface area (Å²) in [7, 11) is 2.01. The van der Waals surface area contributed by atoms with Crippen molar-refractivity contribution in [3.63, 3.8) is 0 Å². The third-order valence-corrected chi connectivity index (χ3v) is 3.39. The van der Waals surface area contributed by atoms with Crippen molar-refractivity contribution in [2.24, 2.45) is 4.99 Å². The second-order valence-electron chi connectivity index (χ2n) is 7.28. The van der Waals surface area contributed by atoms with E-state index in [1.165, 1.54) is 12.1 Å². The number of hydrogen-bond donors (Lipinski definition) is 3. The van der Waals surface area contributed by atoms with Gasteiger partial charge in [0.1, 0.15) is 12.4 Å². The maximum Gasteiger partial charge on any atom is 0.242 e. The van der Waals surface area contributed by atoms with E-state index >= 15 is 0 Å². The standard InChI is InChI=1S/C19H32FN5O.HI/c1-6-21-18(23-13-17(26)24-19(2,3)4)22-11-12-25(5)14-15-7-9-16(20)10-8-15;/h7-10H,6,11-14H2,1-5H3,(H,24,26)(H2,21,22,23);1H. The molecule has 8 heteroatoms. The van der Waals surface area contributed by atoms with E-state index in [1.54, 1.807) is 12.1 Å². The van der Waals surface area contributed by atoms with Gasteiger partial charge in [-0.3, -0.25) is 4.79 Å². The second-order valence-corrected chi connectivity index (χ2v) is 7.28. The summed E-state index contributed by atoms with van der Waals surface area (Å²) in [5, 5.41) is 9.24. The summed E-state index contributed by atoms with van der Waals surface area (Å²) in [5.74, 6) is 0.287. The van der Waals surface area contributed by atoms with Gasteiger partial charge in [0.2, 0.25) is 5.91 Å². The molecule has 0 spiro atoms. The average Bonchev–Trinajstić information content (AvgIpc) is 2.53. The number of halogens is 2. The number of rotatable bonds is 8. The molecule has 0 atom stereocenters. The highest BCUT2D eigenvalue weighted by atomic mass is 127. The highest BCUT2D eigenvalue weighted by Crippen LogP contribution is 2.05. The minimum absolute atomic E-state index is 0.